The van der Waals surface area contributed by atoms with Crippen LogP contribution in [0.2, 0.25) is 118 Å². The molecule has 3 atom stereocenters. The molecule has 0 rings (SSSR count). The van der Waals surface area contributed by atoms with Crippen molar-refractivity contribution in [3.8, 4) is 0 Å². The van der Waals surface area contributed by atoms with Crippen LogP contribution in [0.3, 0.4) is 0 Å². The Morgan fingerprint density at radius 3 is 1.42 bits per heavy atom. The molecule has 10 nitrogen and oxygen atoms in total. The van der Waals surface area contributed by atoms with Crippen LogP contribution in [0.25, 0.3) is 0 Å². The maximum Gasteiger partial charge on any atom is 0.455 e. The van der Waals surface area contributed by atoms with Crippen LogP contribution in [0.1, 0.15) is 6.92 Å². The highest BCUT2D eigenvalue weighted by Gasteiger charge is 2.45. The van der Waals surface area contributed by atoms with Gasteiger partial charge in [0.15, 0.2) is 49.9 Å². The lowest BCUT2D eigenvalue weighted by Gasteiger charge is -2.42. The second-order valence-corrected chi connectivity index (χ2v) is 45.6. The summed E-state index contributed by atoms with van der Waals surface area (Å²) in [6.45, 7) is 39.8. The molecule has 0 radical (unpaired) electrons. The van der Waals surface area contributed by atoms with E-state index in [1.54, 1.807) is 0 Å². The summed E-state index contributed by atoms with van der Waals surface area (Å²) >= 11 is 0. The van der Waals surface area contributed by atoms with Gasteiger partial charge in [-0.1, -0.05) is 5.16 Å². The van der Waals surface area contributed by atoms with Gasteiger partial charge in [0.05, 0.1) is 19.3 Å². The molecule has 0 bridgehead atoms. The molecule has 0 aromatic heterocycles. The Balaban J connectivity index is 7.14. The largest absolute Gasteiger partial charge is 0.455 e. The third kappa shape index (κ3) is 22.8. The van der Waals surface area contributed by atoms with Crippen molar-refractivity contribution in [2.24, 2.45) is 5.16 Å². The van der Waals surface area contributed by atoms with Crippen LogP contribution >= 0.6 is 7.82 Å². The molecule has 0 saturated carbocycles. The molecule has 43 heavy (non-hydrogen) atoms. The summed E-state index contributed by atoms with van der Waals surface area (Å²) in [5, 5.41) is 4.53. The number of hydrogen-bond acceptors (Lipinski definition) is 10. The molecule has 0 aliphatic carbocycles. The van der Waals surface area contributed by atoms with E-state index in [0.717, 1.165) is 0 Å². The molecule has 0 amide bonds. The standard InChI is InChI=1S/C26H66NO9PSi6/c1-20-29-27-23(21-31-38(2,3)4)25(33-40(8,9)10)26(34-41(11,12)13)24(32-39(5,6)7)22-30-37(28,35-42(14,15)16)36-43(17,18)19/h24-26H,20-22H2,1-19H3. The van der Waals surface area contributed by atoms with Crippen molar-refractivity contribution in [1.82, 2.24) is 0 Å². The Morgan fingerprint density at radius 2 is 1.07 bits per heavy atom. The Hall–Kier alpha value is 0.721. The molecule has 258 valence electrons. The minimum atomic E-state index is -3.91. The molecule has 0 aromatic rings. The lowest BCUT2D eigenvalue weighted by Crippen LogP contribution is -2.57. The van der Waals surface area contributed by atoms with Crippen LogP contribution in [0.5, 0.6) is 0 Å². The molecular weight excluding hydrogens is 670 g/mol. The summed E-state index contributed by atoms with van der Waals surface area (Å²) in [5.74, 6) is 0. The van der Waals surface area contributed by atoms with Gasteiger partial charge in [-0.05, 0) is 125 Å². The smallest absolute Gasteiger partial charge is 0.412 e. The summed E-state index contributed by atoms with van der Waals surface area (Å²) < 4.78 is 59.5. The van der Waals surface area contributed by atoms with E-state index >= 15 is 0 Å². The van der Waals surface area contributed by atoms with E-state index in [-0.39, 0.29) is 13.2 Å². The highest BCUT2D eigenvalue weighted by atomic mass is 31.2. The maximum atomic E-state index is 14.2. The van der Waals surface area contributed by atoms with E-state index in [4.69, 9.17) is 35.5 Å². The van der Waals surface area contributed by atoms with Crippen molar-refractivity contribution >= 4 is 63.4 Å². The average molecular weight is 736 g/mol. The molecule has 0 spiro atoms. The van der Waals surface area contributed by atoms with Gasteiger partial charge in [0.2, 0.25) is 0 Å². The molecule has 0 aliphatic rings. The monoisotopic (exact) mass is 735 g/mol. The predicted octanol–water partition coefficient (Wildman–Crippen LogP) is 8.72. The predicted molar refractivity (Wildman–Crippen MR) is 195 cm³/mol. The maximum absolute atomic E-state index is 14.2. The van der Waals surface area contributed by atoms with Gasteiger partial charge < -0.3 is 31.0 Å². The summed E-state index contributed by atoms with van der Waals surface area (Å²) in [7, 11) is -17.0. The zero-order valence-electron chi connectivity index (χ0n) is 30.9. The quantitative estimate of drug-likeness (QED) is 0.0496. The first-order chi connectivity index (χ1) is 18.8. The minimum absolute atomic E-state index is 0.0615. The van der Waals surface area contributed by atoms with E-state index in [2.05, 4.69) is 83.7 Å². The molecule has 0 heterocycles. The molecule has 0 saturated heterocycles. The van der Waals surface area contributed by atoms with Gasteiger partial charge in [-0.2, -0.15) is 0 Å². The summed E-state index contributed by atoms with van der Waals surface area (Å²) in [6, 6.07) is 0. The molecule has 17 heteroatoms. The number of oxime groups is 1. The van der Waals surface area contributed by atoms with E-state index in [1.165, 1.54) is 0 Å². The number of hydrogen-bond donors (Lipinski definition) is 0. The highest BCUT2D eigenvalue weighted by molar-refractivity contribution is 7.52. The van der Waals surface area contributed by atoms with Crippen molar-refractivity contribution < 1.29 is 40.1 Å². The Morgan fingerprint density at radius 1 is 0.628 bits per heavy atom. The van der Waals surface area contributed by atoms with Gasteiger partial charge >= 0.3 is 7.82 Å². The van der Waals surface area contributed by atoms with Crippen LogP contribution in [-0.4, -0.2) is 93.7 Å². The third-order valence-electron chi connectivity index (χ3n) is 4.60. The van der Waals surface area contributed by atoms with E-state index < -0.39 is 76.0 Å². The highest BCUT2D eigenvalue weighted by Crippen LogP contribution is 2.54. The zero-order chi connectivity index (χ0) is 34.3. The summed E-state index contributed by atoms with van der Waals surface area (Å²) in [5.41, 5.74) is 0.610. The lowest BCUT2D eigenvalue weighted by molar-refractivity contribution is -0.0331. The Bertz CT molecular complexity index is 897. The number of nitrogens with zero attached hydrogens (tertiary/aromatic N) is 1. The van der Waals surface area contributed by atoms with E-state index in [9.17, 15) is 4.57 Å². The molecule has 0 aliphatic heterocycles. The van der Waals surface area contributed by atoms with Crippen molar-refractivity contribution in [3.05, 3.63) is 0 Å². The lowest BCUT2D eigenvalue weighted by atomic mass is 10.0. The summed E-state index contributed by atoms with van der Waals surface area (Å²) in [4.78, 5) is 5.62. The van der Waals surface area contributed by atoms with Crippen molar-refractivity contribution in [1.29, 1.82) is 0 Å². The van der Waals surface area contributed by atoms with Gasteiger partial charge in [0.1, 0.15) is 24.5 Å². The van der Waals surface area contributed by atoms with Gasteiger partial charge in [-0.15, -0.1) is 0 Å². The van der Waals surface area contributed by atoms with E-state index in [0.29, 0.717) is 12.3 Å². The van der Waals surface area contributed by atoms with Crippen LogP contribution in [0.4, 0.5) is 0 Å². The van der Waals surface area contributed by atoms with Crippen LogP contribution in [-0.2, 0) is 40.1 Å². The Labute approximate surface area is 270 Å². The van der Waals surface area contributed by atoms with Crippen LogP contribution < -0.4 is 0 Å². The van der Waals surface area contributed by atoms with Crippen LogP contribution in [0.15, 0.2) is 5.16 Å². The second-order valence-electron chi connectivity index (χ2n) is 16.7. The van der Waals surface area contributed by atoms with Crippen LogP contribution in [0, 0.1) is 0 Å². The molecule has 0 fully saturated rings. The minimum Gasteiger partial charge on any atom is -0.412 e. The Kier molecular flexibility index (Phi) is 17.0. The average Bonchev–Trinajstić information content (AvgIpc) is 2.68. The fraction of sp³-hybridized carbons (Fsp3) is 0.962. The second kappa shape index (κ2) is 16.7. The topological polar surface area (TPSA) is 103 Å². The van der Waals surface area contributed by atoms with Crippen molar-refractivity contribution in [2.45, 2.75) is 143 Å². The molecule has 3 unspecified atom stereocenters. The van der Waals surface area contributed by atoms with Crippen molar-refractivity contribution in [2.75, 3.05) is 19.8 Å². The SMILES string of the molecule is CCON=C(CO[Si](C)(C)C)C(O[Si](C)(C)C)C(O[Si](C)(C)C)C(COP(=O)(O[Si](C)(C)C)O[Si](C)(C)C)O[Si](C)(C)C. The fourth-order valence-corrected chi connectivity index (χ4v) is 14.0. The zero-order valence-corrected chi connectivity index (χ0v) is 37.8. The van der Waals surface area contributed by atoms with Gasteiger partial charge in [-0.25, -0.2) is 4.57 Å². The van der Waals surface area contributed by atoms with Gasteiger partial charge in [0.25, 0.3) is 0 Å². The normalized spacial score (nSPS) is 17.1. The third-order valence-corrected chi connectivity index (χ3v) is 15.2. The van der Waals surface area contributed by atoms with Crippen molar-refractivity contribution in [3.63, 3.8) is 0 Å². The summed E-state index contributed by atoms with van der Waals surface area (Å²) in [6.07, 6.45) is -1.93. The first-order valence-corrected chi connectivity index (χ1v) is 37.3. The fourth-order valence-electron chi connectivity index (χ4n) is 3.60. The molecule has 0 N–H and O–H groups in total. The first-order valence-electron chi connectivity index (χ1n) is 15.4. The molecule has 0 aromatic carbocycles. The van der Waals surface area contributed by atoms with Gasteiger partial charge in [-0.3, -0.25) is 4.52 Å². The van der Waals surface area contributed by atoms with Gasteiger partial charge in [0, 0.05) is 0 Å². The molecular formula is C26H66NO9PSi6. The first kappa shape index (κ1) is 43.7. The number of phosphoric acid groups is 1. The van der Waals surface area contributed by atoms with E-state index in [1.807, 2.05) is 46.2 Å². The number of rotatable bonds is 21.